The first kappa shape index (κ1) is 24.5. The second-order valence-electron chi connectivity index (χ2n) is 10.2. The molecule has 0 spiro atoms. The van der Waals surface area contributed by atoms with Crippen LogP contribution >= 0.6 is 11.6 Å². The van der Waals surface area contributed by atoms with E-state index in [0.717, 1.165) is 69.9 Å². The molecule has 8 heteroatoms. The summed E-state index contributed by atoms with van der Waals surface area (Å²) in [5.41, 5.74) is 3.63. The van der Waals surface area contributed by atoms with E-state index >= 15 is 0 Å². The molecule has 35 heavy (non-hydrogen) atoms. The van der Waals surface area contributed by atoms with E-state index in [9.17, 15) is 4.79 Å². The second kappa shape index (κ2) is 11.2. The van der Waals surface area contributed by atoms with Gasteiger partial charge in [-0.2, -0.15) is 0 Å². The van der Waals surface area contributed by atoms with Gasteiger partial charge in [-0.3, -0.25) is 4.79 Å². The number of nitrogens with one attached hydrogen (secondary N) is 1. The summed E-state index contributed by atoms with van der Waals surface area (Å²) >= 11 is 6.09. The number of halogens is 1. The Bertz CT molecular complexity index is 1000. The van der Waals surface area contributed by atoms with Crippen molar-refractivity contribution in [3.63, 3.8) is 0 Å². The van der Waals surface area contributed by atoms with Gasteiger partial charge in [-0.15, -0.1) is 0 Å². The van der Waals surface area contributed by atoms with Crippen LogP contribution in [0.15, 0.2) is 30.6 Å². The van der Waals surface area contributed by atoms with Crippen molar-refractivity contribution in [1.29, 1.82) is 0 Å². The van der Waals surface area contributed by atoms with Crippen LogP contribution in [0.2, 0.25) is 5.02 Å². The Hall–Kier alpha value is -2.22. The maximum absolute atomic E-state index is 13.7. The highest BCUT2D eigenvalue weighted by Gasteiger charge is 2.31. The number of fused-ring (bicyclic) bond motifs is 1. The van der Waals surface area contributed by atoms with Gasteiger partial charge in [0.05, 0.1) is 6.04 Å². The van der Waals surface area contributed by atoms with Crippen LogP contribution in [0.4, 0.5) is 5.82 Å². The average molecular weight is 498 g/mol. The number of anilines is 1. The number of aromatic nitrogens is 2. The summed E-state index contributed by atoms with van der Waals surface area (Å²) < 4.78 is 5.51. The number of hydrogen-bond acceptors (Lipinski definition) is 6. The Labute approximate surface area is 213 Å². The molecule has 1 aliphatic carbocycles. The summed E-state index contributed by atoms with van der Waals surface area (Å²) in [6.07, 6.45) is 6.65. The molecule has 2 aromatic rings. The van der Waals surface area contributed by atoms with Crippen LogP contribution in [0.25, 0.3) is 0 Å². The van der Waals surface area contributed by atoms with Gasteiger partial charge in [-0.25, -0.2) is 9.97 Å². The molecule has 2 saturated heterocycles. The normalized spacial score (nSPS) is 21.7. The molecule has 2 aliphatic heterocycles. The van der Waals surface area contributed by atoms with Gasteiger partial charge < -0.3 is 19.9 Å². The van der Waals surface area contributed by atoms with E-state index in [1.807, 2.05) is 29.2 Å². The first-order valence-corrected chi connectivity index (χ1v) is 13.4. The summed E-state index contributed by atoms with van der Waals surface area (Å²) in [4.78, 5) is 27.2. The van der Waals surface area contributed by atoms with E-state index in [1.54, 1.807) is 6.33 Å². The fraction of sp³-hybridized carbons (Fsp3) is 0.593. The zero-order chi connectivity index (χ0) is 24.2. The van der Waals surface area contributed by atoms with Gasteiger partial charge in [0.1, 0.15) is 12.1 Å². The van der Waals surface area contributed by atoms with Gasteiger partial charge in [0, 0.05) is 55.7 Å². The zero-order valence-electron chi connectivity index (χ0n) is 20.6. The first-order chi connectivity index (χ1) is 17.1. The SMILES string of the molecule is C[C@@H]1CCc2ncnc(N3CCN(C(=O)[C@@H](Cc4ccc(Cl)cc4)NCC4CCOCC4)CC3)c21. The Morgan fingerprint density at radius 2 is 1.86 bits per heavy atom. The summed E-state index contributed by atoms with van der Waals surface area (Å²) in [7, 11) is 0. The van der Waals surface area contributed by atoms with Crippen molar-refractivity contribution in [1.82, 2.24) is 20.2 Å². The molecule has 1 aromatic carbocycles. The van der Waals surface area contributed by atoms with Crippen LogP contribution in [-0.4, -0.2) is 72.8 Å². The molecule has 1 aromatic heterocycles. The predicted molar refractivity (Wildman–Crippen MR) is 138 cm³/mol. The fourth-order valence-electron chi connectivity index (χ4n) is 5.60. The summed E-state index contributed by atoms with van der Waals surface area (Å²) in [5, 5.41) is 4.33. The Morgan fingerprint density at radius 3 is 2.60 bits per heavy atom. The van der Waals surface area contributed by atoms with E-state index in [-0.39, 0.29) is 11.9 Å². The highest BCUT2D eigenvalue weighted by Crippen LogP contribution is 2.37. The standard InChI is InChI=1S/C27H36ClN5O2/c1-19-2-7-23-25(19)26(31-18-30-23)32-10-12-33(13-11-32)27(34)24(16-20-3-5-22(28)6-4-20)29-17-21-8-14-35-15-9-21/h3-6,18-19,21,24,29H,2,7-17H2,1H3/t19-,24-/m1/s1. The molecule has 2 atom stereocenters. The number of piperazine rings is 1. The number of ether oxygens (including phenoxy) is 1. The molecule has 0 radical (unpaired) electrons. The Morgan fingerprint density at radius 1 is 1.11 bits per heavy atom. The molecule has 1 N–H and O–H groups in total. The van der Waals surface area contributed by atoms with E-state index < -0.39 is 0 Å². The van der Waals surface area contributed by atoms with Gasteiger partial charge in [0.25, 0.3) is 0 Å². The highest BCUT2D eigenvalue weighted by atomic mass is 35.5. The molecule has 3 aliphatic rings. The third kappa shape index (κ3) is 5.79. The largest absolute Gasteiger partial charge is 0.381 e. The number of carbonyl (C=O) groups is 1. The minimum atomic E-state index is -0.242. The average Bonchev–Trinajstić information content (AvgIpc) is 3.29. The van der Waals surface area contributed by atoms with Crippen LogP contribution < -0.4 is 10.2 Å². The molecule has 188 valence electrons. The number of rotatable bonds is 7. The number of amides is 1. The van der Waals surface area contributed by atoms with E-state index in [0.29, 0.717) is 36.4 Å². The molecule has 0 bridgehead atoms. The third-order valence-electron chi connectivity index (χ3n) is 7.79. The molecule has 7 nitrogen and oxygen atoms in total. The number of hydrogen-bond donors (Lipinski definition) is 1. The van der Waals surface area contributed by atoms with Crippen molar-refractivity contribution in [2.24, 2.45) is 5.92 Å². The van der Waals surface area contributed by atoms with E-state index in [4.69, 9.17) is 16.3 Å². The fourth-order valence-corrected chi connectivity index (χ4v) is 5.72. The highest BCUT2D eigenvalue weighted by molar-refractivity contribution is 6.30. The number of aryl methyl sites for hydroxylation is 1. The molecule has 5 rings (SSSR count). The maximum Gasteiger partial charge on any atom is 0.240 e. The summed E-state index contributed by atoms with van der Waals surface area (Å²) in [6, 6.07) is 7.60. The molecular weight excluding hydrogens is 462 g/mol. The van der Waals surface area contributed by atoms with Crippen molar-refractivity contribution in [3.05, 3.63) is 52.4 Å². The molecule has 2 fully saturated rings. The van der Waals surface area contributed by atoms with Crippen LogP contribution in [0.1, 0.15) is 48.9 Å². The van der Waals surface area contributed by atoms with Crippen molar-refractivity contribution in [2.75, 3.05) is 50.8 Å². The predicted octanol–water partition coefficient (Wildman–Crippen LogP) is 3.46. The topological polar surface area (TPSA) is 70.6 Å². The molecule has 1 amide bonds. The molecule has 0 saturated carbocycles. The van der Waals surface area contributed by atoms with Crippen LogP contribution in [0.3, 0.4) is 0 Å². The lowest BCUT2D eigenvalue weighted by atomic mass is 9.98. The summed E-state index contributed by atoms with van der Waals surface area (Å²) in [6.45, 7) is 7.77. The number of benzene rings is 1. The number of nitrogens with zero attached hydrogens (tertiary/aromatic N) is 4. The van der Waals surface area contributed by atoms with Gasteiger partial charge >= 0.3 is 0 Å². The van der Waals surface area contributed by atoms with Crippen molar-refractivity contribution in [3.8, 4) is 0 Å². The van der Waals surface area contributed by atoms with Gasteiger partial charge in [0.15, 0.2) is 0 Å². The first-order valence-electron chi connectivity index (χ1n) is 13.0. The molecule has 0 unspecified atom stereocenters. The quantitative estimate of drug-likeness (QED) is 0.631. The van der Waals surface area contributed by atoms with E-state index in [1.165, 1.54) is 11.3 Å². The lowest BCUT2D eigenvalue weighted by Gasteiger charge is -2.38. The Kier molecular flexibility index (Phi) is 7.85. The van der Waals surface area contributed by atoms with Crippen LogP contribution in [0.5, 0.6) is 0 Å². The smallest absolute Gasteiger partial charge is 0.240 e. The lowest BCUT2D eigenvalue weighted by Crippen LogP contribution is -2.55. The maximum atomic E-state index is 13.7. The lowest BCUT2D eigenvalue weighted by molar-refractivity contribution is -0.133. The van der Waals surface area contributed by atoms with Crippen molar-refractivity contribution in [2.45, 2.75) is 51.0 Å². The third-order valence-corrected chi connectivity index (χ3v) is 8.04. The van der Waals surface area contributed by atoms with Gasteiger partial charge in [-0.05, 0) is 68.2 Å². The monoisotopic (exact) mass is 497 g/mol. The van der Waals surface area contributed by atoms with Crippen molar-refractivity contribution < 1.29 is 9.53 Å². The van der Waals surface area contributed by atoms with Crippen LogP contribution in [0, 0.1) is 5.92 Å². The van der Waals surface area contributed by atoms with Crippen LogP contribution in [-0.2, 0) is 22.4 Å². The molecule has 3 heterocycles. The zero-order valence-corrected chi connectivity index (χ0v) is 21.3. The minimum absolute atomic E-state index is 0.188. The number of carbonyl (C=O) groups excluding carboxylic acids is 1. The summed E-state index contributed by atoms with van der Waals surface area (Å²) in [5.74, 6) is 2.32. The van der Waals surface area contributed by atoms with Crippen molar-refractivity contribution >= 4 is 23.3 Å². The second-order valence-corrected chi connectivity index (χ2v) is 10.6. The van der Waals surface area contributed by atoms with E-state index in [2.05, 4.69) is 27.1 Å². The Balaban J connectivity index is 1.24. The van der Waals surface area contributed by atoms with Gasteiger partial charge in [-0.1, -0.05) is 30.7 Å². The molecular formula is C27H36ClN5O2. The minimum Gasteiger partial charge on any atom is -0.381 e. The van der Waals surface area contributed by atoms with Gasteiger partial charge in [0.2, 0.25) is 5.91 Å².